The van der Waals surface area contributed by atoms with E-state index in [1.165, 1.54) is 7.05 Å². The van der Waals surface area contributed by atoms with Gasteiger partial charge in [0.2, 0.25) is 15.9 Å². The highest BCUT2D eigenvalue weighted by molar-refractivity contribution is 7.89. The van der Waals surface area contributed by atoms with Crippen molar-refractivity contribution in [1.82, 2.24) is 9.71 Å². The molecule has 1 atom stereocenters. The maximum Gasteiger partial charge on any atom is 0.240 e. The largest absolute Gasteiger partial charge is 0.444 e. The number of hydrogen-bond donors (Lipinski definition) is 2. The molecule has 2 aromatic rings. The fourth-order valence-corrected chi connectivity index (χ4v) is 2.46. The Morgan fingerprint density at radius 1 is 1.25 bits per heavy atom. The Morgan fingerprint density at radius 3 is 2.40 bits per heavy atom. The Balaban J connectivity index is 2.11. The lowest BCUT2D eigenvalue weighted by molar-refractivity contribution is 0.453. The van der Waals surface area contributed by atoms with E-state index < -0.39 is 10.0 Å². The molecule has 6 nitrogen and oxygen atoms in total. The molecule has 0 bridgehead atoms. The van der Waals surface area contributed by atoms with E-state index >= 15 is 0 Å². The van der Waals surface area contributed by atoms with Gasteiger partial charge in [0.25, 0.3) is 0 Å². The summed E-state index contributed by atoms with van der Waals surface area (Å²) in [6.07, 6.45) is 1.66. The Labute approximate surface area is 118 Å². The Bertz CT molecular complexity index is 677. The quantitative estimate of drug-likeness (QED) is 0.882. The second kappa shape index (κ2) is 5.64. The molecule has 1 heterocycles. The molecule has 1 unspecified atom stereocenters. The van der Waals surface area contributed by atoms with Crippen molar-refractivity contribution in [2.75, 3.05) is 12.4 Å². The van der Waals surface area contributed by atoms with E-state index in [-0.39, 0.29) is 10.9 Å². The molecule has 1 aromatic carbocycles. The number of nitrogens with one attached hydrogen (secondary N) is 2. The molecular formula is C13H17N3O3S. The molecule has 2 N–H and O–H groups in total. The number of benzene rings is 1. The third-order valence-corrected chi connectivity index (χ3v) is 4.26. The summed E-state index contributed by atoms with van der Waals surface area (Å²) in [5.74, 6) is 1.35. The average Bonchev–Trinajstić information content (AvgIpc) is 2.86. The first-order valence-electron chi connectivity index (χ1n) is 6.15. The fraction of sp³-hybridized carbons (Fsp3) is 0.308. The van der Waals surface area contributed by atoms with Crippen LogP contribution in [0.5, 0.6) is 0 Å². The Morgan fingerprint density at radius 2 is 1.90 bits per heavy atom. The lowest BCUT2D eigenvalue weighted by atomic mass is 10.2. The summed E-state index contributed by atoms with van der Waals surface area (Å²) in [7, 11) is -2.02. The maximum absolute atomic E-state index is 11.6. The molecule has 0 amide bonds. The molecule has 0 spiro atoms. The number of aryl methyl sites for hydroxylation is 1. The van der Waals surface area contributed by atoms with Gasteiger partial charge in [0.05, 0.1) is 11.1 Å². The van der Waals surface area contributed by atoms with Crippen molar-refractivity contribution < 1.29 is 12.8 Å². The van der Waals surface area contributed by atoms with Gasteiger partial charge >= 0.3 is 0 Å². The number of hydrogen-bond acceptors (Lipinski definition) is 5. The highest BCUT2D eigenvalue weighted by Crippen LogP contribution is 2.20. The van der Waals surface area contributed by atoms with Crippen LogP contribution in [-0.2, 0) is 10.0 Å². The molecule has 108 valence electrons. The van der Waals surface area contributed by atoms with Gasteiger partial charge in [-0.25, -0.2) is 18.1 Å². The smallest absolute Gasteiger partial charge is 0.240 e. The van der Waals surface area contributed by atoms with Crippen LogP contribution in [0.1, 0.15) is 24.6 Å². The summed E-state index contributed by atoms with van der Waals surface area (Å²) in [6, 6.07) is 6.40. The lowest BCUT2D eigenvalue weighted by Crippen LogP contribution is -2.18. The lowest BCUT2D eigenvalue weighted by Gasteiger charge is -2.12. The molecule has 0 saturated carbocycles. The topological polar surface area (TPSA) is 84.2 Å². The summed E-state index contributed by atoms with van der Waals surface area (Å²) < 4.78 is 30.9. The van der Waals surface area contributed by atoms with Gasteiger partial charge in [-0.1, -0.05) is 0 Å². The zero-order valence-corrected chi connectivity index (χ0v) is 12.4. The second-order valence-corrected chi connectivity index (χ2v) is 6.29. The van der Waals surface area contributed by atoms with Crippen LogP contribution in [0, 0.1) is 6.92 Å². The molecule has 1 aromatic heterocycles. The standard InChI is InChI=1S/C13H17N3O3S/c1-9-8-15-13(19-9)10(2)16-11-4-6-12(7-5-11)20(17,18)14-3/h4-8,10,14,16H,1-3H3. The first-order chi connectivity index (χ1) is 9.42. The zero-order valence-electron chi connectivity index (χ0n) is 11.5. The first kappa shape index (κ1) is 14.5. The van der Waals surface area contributed by atoms with E-state index in [2.05, 4.69) is 15.0 Å². The van der Waals surface area contributed by atoms with Crippen LogP contribution in [0.3, 0.4) is 0 Å². The predicted molar refractivity (Wildman–Crippen MR) is 76.0 cm³/mol. The number of sulfonamides is 1. The SMILES string of the molecule is CNS(=O)(=O)c1ccc(NC(C)c2ncc(C)o2)cc1. The van der Waals surface area contributed by atoms with Crippen molar-refractivity contribution in [2.45, 2.75) is 24.8 Å². The second-order valence-electron chi connectivity index (χ2n) is 4.41. The Hall–Kier alpha value is -1.86. The van der Waals surface area contributed by atoms with E-state index in [1.54, 1.807) is 30.5 Å². The number of rotatable bonds is 5. The molecule has 0 saturated heterocycles. The van der Waals surface area contributed by atoms with Crippen molar-refractivity contribution >= 4 is 15.7 Å². The summed E-state index contributed by atoms with van der Waals surface area (Å²) in [6.45, 7) is 3.75. The van der Waals surface area contributed by atoms with Gasteiger partial charge in [-0.3, -0.25) is 0 Å². The number of oxazole rings is 1. The van der Waals surface area contributed by atoms with Crippen LogP contribution >= 0.6 is 0 Å². The molecule has 0 radical (unpaired) electrons. The number of nitrogens with zero attached hydrogens (tertiary/aromatic N) is 1. The highest BCUT2D eigenvalue weighted by atomic mass is 32.2. The van der Waals surface area contributed by atoms with E-state index in [1.807, 2.05) is 13.8 Å². The summed E-state index contributed by atoms with van der Waals surface area (Å²) in [5, 5.41) is 3.20. The van der Waals surface area contributed by atoms with Crippen molar-refractivity contribution in [2.24, 2.45) is 0 Å². The molecule has 7 heteroatoms. The van der Waals surface area contributed by atoms with Crippen LogP contribution in [0.4, 0.5) is 5.69 Å². The van der Waals surface area contributed by atoms with Gasteiger partial charge in [-0.2, -0.15) is 0 Å². The van der Waals surface area contributed by atoms with Gasteiger partial charge < -0.3 is 9.73 Å². The third kappa shape index (κ3) is 3.17. The van der Waals surface area contributed by atoms with Gasteiger partial charge in [0, 0.05) is 5.69 Å². The minimum atomic E-state index is -3.40. The number of aromatic nitrogens is 1. The summed E-state index contributed by atoms with van der Waals surface area (Å²) in [5.41, 5.74) is 0.795. The third-order valence-electron chi connectivity index (χ3n) is 2.83. The molecule has 0 aliphatic heterocycles. The zero-order chi connectivity index (χ0) is 14.8. The number of anilines is 1. The Kier molecular flexibility index (Phi) is 4.10. The normalized spacial score (nSPS) is 13.2. The van der Waals surface area contributed by atoms with E-state index in [9.17, 15) is 8.42 Å². The molecule has 0 aliphatic carbocycles. The van der Waals surface area contributed by atoms with Crippen molar-refractivity contribution in [1.29, 1.82) is 0 Å². The van der Waals surface area contributed by atoms with Crippen LogP contribution < -0.4 is 10.0 Å². The fourth-order valence-electron chi connectivity index (χ4n) is 1.73. The van der Waals surface area contributed by atoms with Crippen molar-refractivity contribution in [3.05, 3.63) is 42.1 Å². The van der Waals surface area contributed by atoms with Gasteiger partial charge in [-0.05, 0) is 45.2 Å². The summed E-state index contributed by atoms with van der Waals surface area (Å²) in [4.78, 5) is 4.37. The maximum atomic E-state index is 11.6. The van der Waals surface area contributed by atoms with Gasteiger partial charge in [0.15, 0.2) is 0 Å². The van der Waals surface area contributed by atoms with E-state index in [0.717, 1.165) is 11.4 Å². The first-order valence-corrected chi connectivity index (χ1v) is 7.63. The van der Waals surface area contributed by atoms with Crippen LogP contribution in [-0.4, -0.2) is 20.4 Å². The molecule has 0 aliphatic rings. The molecular weight excluding hydrogens is 278 g/mol. The van der Waals surface area contributed by atoms with Crippen molar-refractivity contribution in [3.63, 3.8) is 0 Å². The van der Waals surface area contributed by atoms with Gasteiger partial charge in [0.1, 0.15) is 11.8 Å². The molecule has 20 heavy (non-hydrogen) atoms. The van der Waals surface area contributed by atoms with Crippen LogP contribution in [0.2, 0.25) is 0 Å². The minimum absolute atomic E-state index is 0.101. The monoisotopic (exact) mass is 295 g/mol. The minimum Gasteiger partial charge on any atom is -0.444 e. The van der Waals surface area contributed by atoms with Crippen LogP contribution in [0.25, 0.3) is 0 Å². The highest BCUT2D eigenvalue weighted by Gasteiger charge is 2.13. The van der Waals surface area contributed by atoms with Crippen LogP contribution in [0.15, 0.2) is 39.8 Å². The summed E-state index contributed by atoms with van der Waals surface area (Å²) >= 11 is 0. The molecule has 2 rings (SSSR count). The van der Waals surface area contributed by atoms with Gasteiger partial charge in [-0.15, -0.1) is 0 Å². The van der Waals surface area contributed by atoms with Crippen molar-refractivity contribution in [3.8, 4) is 0 Å². The molecule has 0 fully saturated rings. The van der Waals surface area contributed by atoms with E-state index in [4.69, 9.17) is 4.42 Å². The van der Waals surface area contributed by atoms with E-state index in [0.29, 0.717) is 5.89 Å². The predicted octanol–water partition coefficient (Wildman–Crippen LogP) is 2.06. The average molecular weight is 295 g/mol.